The van der Waals surface area contributed by atoms with E-state index in [0.29, 0.717) is 42.0 Å². The molecule has 3 aliphatic carbocycles. The number of carbonyl (C=O) groups is 4. The highest BCUT2D eigenvalue weighted by atomic mass is 16.6. The number of amides is 1. The van der Waals surface area contributed by atoms with Crippen molar-refractivity contribution in [2.75, 3.05) is 40.3 Å². The van der Waals surface area contributed by atoms with Gasteiger partial charge in [0.25, 0.3) is 0 Å². The molecule has 4 aliphatic heterocycles. The maximum atomic E-state index is 15.1. The number of methoxy groups -OCH3 is 1. The van der Waals surface area contributed by atoms with Crippen LogP contribution in [0.4, 0.5) is 0 Å². The number of nitriles is 1. The molecule has 8 rings (SSSR count). The smallest absolute Gasteiger partial charge is 0.333 e. The molecule has 3 saturated carbocycles. The second kappa shape index (κ2) is 18.0. The molecule has 2 bridgehead atoms. The number of ketones is 1. The molecule has 14 heteroatoms. The number of fused-ring (bicyclic) bond motifs is 5. The van der Waals surface area contributed by atoms with Gasteiger partial charge in [-0.15, -0.1) is 0 Å². The molecule has 0 aromatic heterocycles. The Morgan fingerprint density at radius 1 is 1.03 bits per heavy atom. The molecule has 6 unspecified atom stereocenters. The van der Waals surface area contributed by atoms with Crippen LogP contribution in [0.3, 0.4) is 0 Å². The van der Waals surface area contributed by atoms with Crippen LogP contribution in [-0.4, -0.2) is 95.7 Å². The number of benzene rings is 1. The minimum atomic E-state index is -2.30. The van der Waals surface area contributed by atoms with E-state index >= 15 is 4.79 Å². The van der Waals surface area contributed by atoms with Gasteiger partial charge in [0.2, 0.25) is 11.8 Å². The standard InChI is InChI=1S/C51H64N4O10/c1-28(2)12-11-19-49(8)20-18-33-42(64-49)32(14-13-29(3)4)44-40(43(33)62-38(57)16-15-37(56)55-24-22-54(9)23-25-55)45-41-39(35(27-52)47(53)63-45)34-26-36(30(5)6)51(41,65-44)50(60,46(34)58)21-17-31(7)48(59)61-10/h12-13,17-18,20,30,34,36,39,60H,11,14-16,19,21-26,53H2,1-10H3/b31-17-. The van der Waals surface area contributed by atoms with E-state index in [1.807, 2.05) is 73.7 Å². The van der Waals surface area contributed by atoms with Gasteiger partial charge in [0.15, 0.2) is 22.7 Å². The van der Waals surface area contributed by atoms with Crippen LogP contribution in [0.25, 0.3) is 11.8 Å². The zero-order valence-electron chi connectivity index (χ0n) is 39.5. The van der Waals surface area contributed by atoms with Crippen molar-refractivity contribution in [1.82, 2.24) is 9.80 Å². The largest absolute Gasteiger partial charge is 0.482 e. The normalized spacial score (nSPS) is 27.7. The minimum absolute atomic E-state index is 0.0307. The first-order valence-electron chi connectivity index (χ1n) is 22.8. The summed E-state index contributed by atoms with van der Waals surface area (Å²) in [7, 11) is 3.26. The number of Topliss-reactive ketones (excluding diaryl/α,β-unsaturated/α-hetero) is 1. The molecule has 1 aromatic carbocycles. The lowest BCUT2D eigenvalue weighted by Gasteiger charge is -2.65. The van der Waals surface area contributed by atoms with Gasteiger partial charge in [0, 0.05) is 73.5 Å². The van der Waals surface area contributed by atoms with Crippen molar-refractivity contribution < 1.29 is 48.0 Å². The second-order valence-electron chi connectivity index (χ2n) is 19.5. The Labute approximate surface area is 382 Å². The molecule has 348 valence electrons. The third-order valence-corrected chi connectivity index (χ3v) is 14.1. The fourth-order valence-corrected chi connectivity index (χ4v) is 10.6. The van der Waals surface area contributed by atoms with E-state index in [2.05, 4.69) is 17.0 Å². The molecular formula is C51H64N4O10. The fraction of sp³-hybridized carbons (Fsp3) is 0.549. The van der Waals surface area contributed by atoms with Gasteiger partial charge in [-0.05, 0) is 92.3 Å². The number of ether oxygens (including phenoxy) is 5. The summed E-state index contributed by atoms with van der Waals surface area (Å²) in [6.07, 6.45) is 10.7. The molecule has 1 saturated heterocycles. The van der Waals surface area contributed by atoms with Gasteiger partial charge < -0.3 is 44.3 Å². The average molecular weight is 893 g/mol. The van der Waals surface area contributed by atoms with Gasteiger partial charge in [-0.1, -0.05) is 43.2 Å². The summed E-state index contributed by atoms with van der Waals surface area (Å²) in [6.45, 7) is 18.1. The number of nitrogens with zero attached hydrogens (tertiary/aromatic N) is 3. The summed E-state index contributed by atoms with van der Waals surface area (Å²) < 4.78 is 32.7. The van der Waals surface area contributed by atoms with Crippen LogP contribution in [0.1, 0.15) is 111 Å². The van der Waals surface area contributed by atoms with Crippen LogP contribution < -0.4 is 19.9 Å². The quantitative estimate of drug-likeness (QED) is 0.0905. The number of allylic oxidation sites excluding steroid dienone is 5. The van der Waals surface area contributed by atoms with Gasteiger partial charge in [-0.25, -0.2) is 4.79 Å². The Hall–Kier alpha value is -5.65. The van der Waals surface area contributed by atoms with E-state index in [1.165, 1.54) is 18.8 Å². The predicted octanol–water partition coefficient (Wildman–Crippen LogP) is 6.86. The average Bonchev–Trinajstić information content (AvgIpc) is 3.25. The number of nitrogens with two attached hydrogens (primary N) is 1. The first-order valence-corrected chi connectivity index (χ1v) is 22.8. The van der Waals surface area contributed by atoms with Crippen molar-refractivity contribution in [3.8, 4) is 23.3 Å². The lowest BCUT2D eigenvalue weighted by Crippen LogP contribution is -2.78. The minimum Gasteiger partial charge on any atom is -0.482 e. The Morgan fingerprint density at radius 3 is 2.35 bits per heavy atom. The highest BCUT2D eigenvalue weighted by molar-refractivity contribution is 6.00. The SMILES string of the molecule is COC(=O)/C(C)=C\CC1(O)C(=O)C2CC(C(C)C)C13Oc1c(CC=C(C)C)c4c(c(OC(=O)CCC(=O)N5CCN(C)CC5)c1C1=C3C2C(C#N)=C(N)O1)C=CC(C)(CCC=C(C)C)O4. The zero-order valence-corrected chi connectivity index (χ0v) is 39.5. The van der Waals surface area contributed by atoms with Gasteiger partial charge in [-0.3, -0.25) is 14.4 Å². The van der Waals surface area contributed by atoms with E-state index < -0.39 is 52.3 Å². The fourth-order valence-electron chi connectivity index (χ4n) is 10.6. The highest BCUT2D eigenvalue weighted by Gasteiger charge is 2.77. The molecule has 65 heavy (non-hydrogen) atoms. The first-order chi connectivity index (χ1) is 30.7. The number of hydrogen-bond donors (Lipinski definition) is 2. The van der Waals surface area contributed by atoms with Crippen molar-refractivity contribution in [2.24, 2.45) is 29.4 Å². The highest BCUT2D eigenvalue weighted by Crippen LogP contribution is 2.69. The van der Waals surface area contributed by atoms with E-state index in [1.54, 1.807) is 11.8 Å². The maximum Gasteiger partial charge on any atom is 0.333 e. The third-order valence-electron chi connectivity index (χ3n) is 14.1. The monoisotopic (exact) mass is 892 g/mol. The van der Waals surface area contributed by atoms with Gasteiger partial charge in [-0.2, -0.15) is 5.26 Å². The van der Waals surface area contributed by atoms with Crippen LogP contribution in [0.15, 0.2) is 58.1 Å². The molecule has 4 fully saturated rings. The van der Waals surface area contributed by atoms with Crippen molar-refractivity contribution in [3.63, 3.8) is 0 Å². The summed E-state index contributed by atoms with van der Waals surface area (Å²) in [5.41, 5.74) is 5.62. The number of likely N-dealkylation sites (N-methyl/N-ethyl adjacent to an activating group) is 1. The molecular weight excluding hydrogens is 829 g/mol. The number of aliphatic hydroxyl groups is 1. The van der Waals surface area contributed by atoms with E-state index in [9.17, 15) is 24.8 Å². The Bertz CT molecular complexity index is 2420. The molecule has 4 heterocycles. The first kappa shape index (κ1) is 47.3. The second-order valence-corrected chi connectivity index (χ2v) is 19.5. The van der Waals surface area contributed by atoms with Crippen LogP contribution in [0, 0.1) is 35.0 Å². The number of esters is 2. The van der Waals surface area contributed by atoms with Crippen LogP contribution in [0.5, 0.6) is 17.2 Å². The Kier molecular flexibility index (Phi) is 13.1. The summed E-state index contributed by atoms with van der Waals surface area (Å²) in [6, 6.07) is 2.21. The number of piperazine rings is 1. The molecule has 7 aliphatic rings. The summed E-state index contributed by atoms with van der Waals surface area (Å²) in [5, 5.41) is 24.1. The number of hydrogen-bond acceptors (Lipinski definition) is 13. The molecule has 14 nitrogen and oxygen atoms in total. The van der Waals surface area contributed by atoms with Crippen molar-refractivity contribution in [3.05, 3.63) is 74.7 Å². The molecule has 1 aromatic rings. The van der Waals surface area contributed by atoms with Gasteiger partial charge in [0.1, 0.15) is 34.5 Å². The number of carbonyl (C=O) groups excluding carboxylic acids is 4. The molecule has 1 spiro atoms. The Balaban J connectivity index is 1.50. The summed E-state index contributed by atoms with van der Waals surface area (Å²) in [5.74, 6) is -4.12. The lowest BCUT2D eigenvalue weighted by molar-refractivity contribution is -0.210. The maximum absolute atomic E-state index is 15.1. The van der Waals surface area contributed by atoms with E-state index in [0.717, 1.165) is 25.1 Å². The molecule has 0 radical (unpaired) electrons. The lowest BCUT2D eigenvalue weighted by atomic mass is 9.43. The number of rotatable bonds is 13. The topological polar surface area (TPSA) is 191 Å². The summed E-state index contributed by atoms with van der Waals surface area (Å²) in [4.78, 5) is 59.4. The van der Waals surface area contributed by atoms with E-state index in [-0.39, 0.29) is 83.8 Å². The third kappa shape index (κ3) is 8.20. The van der Waals surface area contributed by atoms with Crippen LogP contribution in [0.2, 0.25) is 0 Å². The molecule has 3 N–H and O–H groups in total. The summed E-state index contributed by atoms with van der Waals surface area (Å²) >= 11 is 0. The van der Waals surface area contributed by atoms with Crippen LogP contribution >= 0.6 is 0 Å². The molecule has 6 atom stereocenters. The molecule has 1 amide bonds. The Morgan fingerprint density at radius 2 is 1.72 bits per heavy atom. The predicted molar refractivity (Wildman–Crippen MR) is 244 cm³/mol. The van der Waals surface area contributed by atoms with Crippen LogP contribution in [-0.2, 0) is 35.1 Å². The van der Waals surface area contributed by atoms with Crippen molar-refractivity contribution in [1.29, 1.82) is 5.26 Å². The van der Waals surface area contributed by atoms with Gasteiger partial charge in [0.05, 0.1) is 24.7 Å². The van der Waals surface area contributed by atoms with Crippen molar-refractivity contribution >= 4 is 35.5 Å². The van der Waals surface area contributed by atoms with E-state index in [4.69, 9.17) is 29.4 Å². The van der Waals surface area contributed by atoms with Gasteiger partial charge >= 0.3 is 11.9 Å². The zero-order chi connectivity index (χ0) is 47.3. The van der Waals surface area contributed by atoms with Crippen molar-refractivity contribution in [2.45, 2.75) is 117 Å².